The van der Waals surface area contributed by atoms with E-state index in [1.54, 1.807) is 0 Å². The van der Waals surface area contributed by atoms with E-state index >= 15 is 0 Å². The summed E-state index contributed by atoms with van der Waals surface area (Å²) in [5.74, 6) is -0.723. The molecule has 1 saturated carbocycles. The van der Waals surface area contributed by atoms with E-state index in [0.717, 1.165) is 30.7 Å². The van der Waals surface area contributed by atoms with Crippen molar-refractivity contribution >= 4 is 17.6 Å². The number of carboxylic acid groups (broad SMARTS) is 1. The summed E-state index contributed by atoms with van der Waals surface area (Å²) in [4.78, 5) is 13.4. The summed E-state index contributed by atoms with van der Waals surface area (Å²) in [6.07, 6.45) is 6.73. The van der Waals surface area contributed by atoms with Crippen LogP contribution in [0.25, 0.3) is 0 Å². The smallest absolute Gasteiger partial charge is 0.317 e. The zero-order valence-electron chi connectivity index (χ0n) is 11.5. The van der Waals surface area contributed by atoms with E-state index in [9.17, 15) is 9.90 Å². The average Bonchev–Trinajstić information content (AvgIpc) is 3.04. The van der Waals surface area contributed by atoms with Gasteiger partial charge in [-0.2, -0.15) is 0 Å². The van der Waals surface area contributed by atoms with Crippen LogP contribution in [0.1, 0.15) is 49.3 Å². The molecule has 1 N–H and O–H groups in total. The van der Waals surface area contributed by atoms with Crippen molar-refractivity contribution in [3.05, 3.63) is 34.3 Å². The van der Waals surface area contributed by atoms with E-state index in [1.807, 2.05) is 12.1 Å². The van der Waals surface area contributed by atoms with Gasteiger partial charge in [-0.05, 0) is 48.9 Å². The molecule has 0 spiro atoms. The normalized spacial score (nSPS) is 22.4. The van der Waals surface area contributed by atoms with Crippen LogP contribution in [0.15, 0.2) is 18.2 Å². The summed E-state index contributed by atoms with van der Waals surface area (Å²) in [6.45, 7) is 0.150. The van der Waals surface area contributed by atoms with Crippen LogP contribution < -0.4 is 0 Å². The van der Waals surface area contributed by atoms with Crippen LogP contribution in [0.2, 0.25) is 5.02 Å². The zero-order valence-corrected chi connectivity index (χ0v) is 12.3. The van der Waals surface area contributed by atoms with Crippen molar-refractivity contribution in [1.29, 1.82) is 0 Å². The fraction of sp³-hybridized carbons (Fsp3) is 0.562. The molecule has 0 radical (unpaired) electrons. The van der Waals surface area contributed by atoms with Gasteiger partial charge in [-0.1, -0.05) is 30.5 Å². The fourth-order valence-electron chi connectivity index (χ4n) is 3.79. The van der Waals surface area contributed by atoms with Gasteiger partial charge in [-0.15, -0.1) is 0 Å². The number of benzene rings is 1. The molecule has 2 aliphatic carbocycles. The Balaban J connectivity index is 1.87. The first-order valence-corrected chi connectivity index (χ1v) is 7.79. The molecule has 1 unspecified atom stereocenters. The molecule has 0 amide bonds. The van der Waals surface area contributed by atoms with Crippen LogP contribution in [0.4, 0.5) is 0 Å². The zero-order chi connectivity index (χ0) is 14.1. The molecule has 1 atom stereocenters. The van der Waals surface area contributed by atoms with Crippen LogP contribution in [-0.4, -0.2) is 28.6 Å². The van der Waals surface area contributed by atoms with E-state index in [-0.39, 0.29) is 12.6 Å². The molecule has 4 heteroatoms. The Labute approximate surface area is 124 Å². The third-order valence-corrected chi connectivity index (χ3v) is 4.90. The predicted octanol–water partition coefficient (Wildman–Crippen LogP) is 3.66. The fourth-order valence-corrected chi connectivity index (χ4v) is 3.99. The first-order chi connectivity index (χ1) is 9.65. The largest absolute Gasteiger partial charge is 0.480 e. The highest BCUT2D eigenvalue weighted by Gasteiger charge is 2.34. The molecule has 0 aromatic heterocycles. The molecule has 1 aromatic carbocycles. The van der Waals surface area contributed by atoms with Crippen molar-refractivity contribution in [3.8, 4) is 0 Å². The third-order valence-electron chi connectivity index (χ3n) is 4.66. The minimum absolute atomic E-state index is 0.150. The summed E-state index contributed by atoms with van der Waals surface area (Å²) in [7, 11) is 0. The van der Waals surface area contributed by atoms with Crippen molar-refractivity contribution in [2.75, 3.05) is 6.54 Å². The molecular weight excluding hydrogens is 274 g/mol. The van der Waals surface area contributed by atoms with Crippen LogP contribution in [-0.2, 0) is 11.2 Å². The van der Waals surface area contributed by atoms with Crippen LogP contribution in [0, 0.1) is 0 Å². The van der Waals surface area contributed by atoms with Gasteiger partial charge in [0.05, 0.1) is 6.54 Å². The minimum atomic E-state index is -0.723. The second-order valence-corrected chi connectivity index (χ2v) is 6.34. The number of nitrogens with zero attached hydrogens (tertiary/aromatic N) is 1. The molecule has 1 aromatic rings. The summed E-state index contributed by atoms with van der Waals surface area (Å²) < 4.78 is 0. The van der Waals surface area contributed by atoms with E-state index in [4.69, 9.17) is 11.6 Å². The van der Waals surface area contributed by atoms with Crippen molar-refractivity contribution in [2.24, 2.45) is 0 Å². The topological polar surface area (TPSA) is 40.5 Å². The van der Waals surface area contributed by atoms with Gasteiger partial charge in [0.1, 0.15) is 0 Å². The van der Waals surface area contributed by atoms with Crippen molar-refractivity contribution < 1.29 is 9.90 Å². The monoisotopic (exact) mass is 293 g/mol. The van der Waals surface area contributed by atoms with E-state index in [2.05, 4.69) is 11.0 Å². The number of carboxylic acids is 1. The van der Waals surface area contributed by atoms with Gasteiger partial charge in [0.15, 0.2) is 0 Å². The van der Waals surface area contributed by atoms with Gasteiger partial charge in [0, 0.05) is 17.1 Å². The lowest BCUT2D eigenvalue weighted by molar-refractivity contribution is -0.139. The maximum absolute atomic E-state index is 11.2. The summed E-state index contributed by atoms with van der Waals surface area (Å²) in [5.41, 5.74) is 2.57. The molecule has 0 bridgehead atoms. The maximum atomic E-state index is 11.2. The Morgan fingerprint density at radius 2 is 2.05 bits per heavy atom. The molecule has 1 fully saturated rings. The quantitative estimate of drug-likeness (QED) is 0.921. The van der Waals surface area contributed by atoms with Crippen LogP contribution in [0.5, 0.6) is 0 Å². The third kappa shape index (κ3) is 2.70. The predicted molar refractivity (Wildman–Crippen MR) is 79.1 cm³/mol. The highest BCUT2D eigenvalue weighted by atomic mass is 35.5. The van der Waals surface area contributed by atoms with Crippen molar-refractivity contribution in [2.45, 2.75) is 50.6 Å². The molecule has 2 aliphatic rings. The standard InChI is InChI=1S/C16H20ClNO2/c17-12-6-7-14-11(9-12)5-8-15(14)18(10-16(19)20)13-3-1-2-4-13/h6-7,9,13,15H,1-5,8,10H2,(H,19,20). The molecular formula is C16H20ClNO2. The number of carbonyl (C=O) groups is 1. The molecule has 20 heavy (non-hydrogen) atoms. The van der Waals surface area contributed by atoms with Gasteiger partial charge in [-0.25, -0.2) is 0 Å². The molecule has 3 rings (SSSR count). The lowest BCUT2D eigenvalue weighted by Gasteiger charge is -2.33. The van der Waals surface area contributed by atoms with Crippen molar-refractivity contribution in [3.63, 3.8) is 0 Å². The number of hydrogen-bond acceptors (Lipinski definition) is 2. The Kier molecular flexibility index (Phi) is 3.99. The average molecular weight is 294 g/mol. The summed E-state index contributed by atoms with van der Waals surface area (Å²) in [5, 5.41) is 10.0. The first-order valence-electron chi connectivity index (χ1n) is 7.41. The number of rotatable bonds is 4. The lowest BCUT2D eigenvalue weighted by Crippen LogP contribution is -2.39. The van der Waals surface area contributed by atoms with Gasteiger partial charge in [0.25, 0.3) is 0 Å². The van der Waals surface area contributed by atoms with E-state index in [1.165, 1.54) is 24.0 Å². The molecule has 0 saturated heterocycles. The molecule has 0 heterocycles. The molecule has 0 aliphatic heterocycles. The molecule has 108 valence electrons. The van der Waals surface area contributed by atoms with Gasteiger partial charge >= 0.3 is 5.97 Å². The number of aliphatic carboxylic acids is 1. The van der Waals surface area contributed by atoms with Gasteiger partial charge < -0.3 is 5.11 Å². The highest BCUT2D eigenvalue weighted by molar-refractivity contribution is 6.30. The Bertz CT molecular complexity index is 511. The van der Waals surface area contributed by atoms with E-state index in [0.29, 0.717) is 6.04 Å². The molecule has 3 nitrogen and oxygen atoms in total. The highest BCUT2D eigenvalue weighted by Crippen LogP contribution is 2.40. The lowest BCUT2D eigenvalue weighted by atomic mass is 10.0. The second kappa shape index (κ2) is 5.74. The van der Waals surface area contributed by atoms with E-state index < -0.39 is 5.97 Å². The Hall–Kier alpha value is -1.06. The first kappa shape index (κ1) is 13.9. The number of halogens is 1. The van der Waals surface area contributed by atoms with Crippen LogP contribution >= 0.6 is 11.6 Å². The number of hydrogen-bond donors (Lipinski definition) is 1. The van der Waals surface area contributed by atoms with Crippen molar-refractivity contribution in [1.82, 2.24) is 4.90 Å². The van der Waals surface area contributed by atoms with Crippen LogP contribution in [0.3, 0.4) is 0 Å². The van der Waals surface area contributed by atoms with Gasteiger partial charge in [0.2, 0.25) is 0 Å². The minimum Gasteiger partial charge on any atom is -0.480 e. The number of aryl methyl sites for hydroxylation is 1. The Morgan fingerprint density at radius 1 is 1.30 bits per heavy atom. The SMILES string of the molecule is O=C(O)CN(C1CCCC1)C1CCc2cc(Cl)ccc21. The summed E-state index contributed by atoms with van der Waals surface area (Å²) in [6, 6.07) is 6.72. The van der Waals surface area contributed by atoms with Gasteiger partial charge in [-0.3, -0.25) is 9.69 Å². The summed E-state index contributed by atoms with van der Waals surface area (Å²) >= 11 is 6.05. The maximum Gasteiger partial charge on any atom is 0.317 e. The number of fused-ring (bicyclic) bond motifs is 1. The Morgan fingerprint density at radius 3 is 2.75 bits per heavy atom. The second-order valence-electron chi connectivity index (χ2n) is 5.90.